The number of rotatable bonds is 3. The Morgan fingerprint density at radius 3 is 2.80 bits per heavy atom. The number of benzene rings is 1. The second kappa shape index (κ2) is 6.10. The topological polar surface area (TPSA) is 29.5 Å². The number of para-hydroxylation sites is 1. The van der Waals surface area contributed by atoms with E-state index in [1.807, 2.05) is 38.1 Å². The average Bonchev–Trinajstić information content (AvgIpc) is 2.28. The first kappa shape index (κ1) is 11.6. The first-order valence-corrected chi connectivity index (χ1v) is 5.13. The molecule has 80 valence electrons. The minimum absolute atomic E-state index is 0.00946. The van der Waals surface area contributed by atoms with Crippen molar-refractivity contribution >= 4 is 0 Å². The second-order valence-corrected chi connectivity index (χ2v) is 3.26. The summed E-state index contributed by atoms with van der Waals surface area (Å²) in [6, 6.07) is 7.61. The molecular weight excluding hydrogens is 188 g/mol. The maximum atomic E-state index is 8.90. The second-order valence-electron chi connectivity index (χ2n) is 3.26. The summed E-state index contributed by atoms with van der Waals surface area (Å²) < 4.78 is 5.54. The number of ether oxygens (including phenoxy) is 1. The number of aliphatic hydroxyl groups is 1. The molecule has 0 fully saturated rings. The van der Waals surface area contributed by atoms with Crippen LogP contribution in [0.4, 0.5) is 0 Å². The average molecular weight is 204 g/mol. The molecule has 2 nitrogen and oxygen atoms in total. The summed E-state index contributed by atoms with van der Waals surface area (Å²) in [6.45, 7) is 3.84. The lowest BCUT2D eigenvalue weighted by molar-refractivity contribution is 0.129. The van der Waals surface area contributed by atoms with Crippen LogP contribution in [-0.4, -0.2) is 17.8 Å². The van der Waals surface area contributed by atoms with Crippen LogP contribution < -0.4 is 4.74 Å². The monoisotopic (exact) mass is 204 g/mol. The van der Waals surface area contributed by atoms with Gasteiger partial charge in [-0.25, -0.2) is 0 Å². The normalized spacial score (nSPS) is 11.4. The van der Waals surface area contributed by atoms with Crippen LogP contribution in [0.5, 0.6) is 5.75 Å². The van der Waals surface area contributed by atoms with Crippen LogP contribution >= 0.6 is 0 Å². The SMILES string of the molecule is CCC#Cc1ccccc1OC(C)CO. The molecule has 1 aromatic rings. The molecule has 0 aliphatic heterocycles. The maximum absolute atomic E-state index is 8.90. The first-order chi connectivity index (χ1) is 7.27. The fourth-order valence-electron chi connectivity index (χ4n) is 1.11. The minimum Gasteiger partial charge on any atom is -0.487 e. The molecule has 0 aliphatic rings. The van der Waals surface area contributed by atoms with Gasteiger partial charge in [0.25, 0.3) is 0 Å². The molecular formula is C13H16O2. The summed E-state index contributed by atoms with van der Waals surface area (Å²) in [5, 5.41) is 8.90. The summed E-state index contributed by atoms with van der Waals surface area (Å²) in [7, 11) is 0. The fraction of sp³-hybridized carbons (Fsp3) is 0.385. The molecule has 0 amide bonds. The van der Waals surface area contributed by atoms with Gasteiger partial charge in [0.15, 0.2) is 0 Å². The fourth-order valence-corrected chi connectivity index (χ4v) is 1.11. The number of hydrogen-bond donors (Lipinski definition) is 1. The molecule has 1 unspecified atom stereocenters. The van der Waals surface area contributed by atoms with Crippen molar-refractivity contribution in [3.8, 4) is 17.6 Å². The lowest BCUT2D eigenvalue weighted by Gasteiger charge is -2.12. The predicted molar refractivity (Wildman–Crippen MR) is 60.8 cm³/mol. The van der Waals surface area contributed by atoms with Crippen molar-refractivity contribution in [2.24, 2.45) is 0 Å². The van der Waals surface area contributed by atoms with Gasteiger partial charge in [-0.15, -0.1) is 0 Å². The van der Waals surface area contributed by atoms with Gasteiger partial charge in [0.2, 0.25) is 0 Å². The smallest absolute Gasteiger partial charge is 0.135 e. The van der Waals surface area contributed by atoms with Crippen molar-refractivity contribution < 1.29 is 9.84 Å². The van der Waals surface area contributed by atoms with Gasteiger partial charge in [-0.3, -0.25) is 0 Å². The highest BCUT2D eigenvalue weighted by molar-refractivity contribution is 5.45. The molecule has 15 heavy (non-hydrogen) atoms. The number of aliphatic hydroxyl groups excluding tert-OH is 1. The molecule has 0 aliphatic carbocycles. The van der Waals surface area contributed by atoms with Crippen LogP contribution in [0.2, 0.25) is 0 Å². The Hall–Kier alpha value is -1.46. The summed E-state index contributed by atoms with van der Waals surface area (Å²) in [5.74, 6) is 6.78. The van der Waals surface area contributed by atoms with Gasteiger partial charge in [0.1, 0.15) is 11.9 Å². The van der Waals surface area contributed by atoms with Gasteiger partial charge in [0.05, 0.1) is 12.2 Å². The summed E-state index contributed by atoms with van der Waals surface area (Å²) in [6.07, 6.45) is 0.624. The Morgan fingerprint density at radius 2 is 2.13 bits per heavy atom. The molecule has 1 aromatic carbocycles. The molecule has 1 rings (SSSR count). The molecule has 0 spiro atoms. The van der Waals surface area contributed by atoms with Gasteiger partial charge in [-0.2, -0.15) is 0 Å². The molecule has 0 heterocycles. The highest BCUT2D eigenvalue weighted by atomic mass is 16.5. The lowest BCUT2D eigenvalue weighted by Crippen LogP contribution is -2.16. The molecule has 1 N–H and O–H groups in total. The summed E-state index contributed by atoms with van der Waals surface area (Å²) in [5.41, 5.74) is 0.875. The Morgan fingerprint density at radius 1 is 1.40 bits per heavy atom. The van der Waals surface area contributed by atoms with Crippen molar-refractivity contribution in [3.63, 3.8) is 0 Å². The highest BCUT2D eigenvalue weighted by Crippen LogP contribution is 2.18. The predicted octanol–water partition coefficient (Wildman–Crippen LogP) is 2.21. The largest absolute Gasteiger partial charge is 0.487 e. The van der Waals surface area contributed by atoms with E-state index in [-0.39, 0.29) is 12.7 Å². The Labute approximate surface area is 90.9 Å². The molecule has 1 atom stereocenters. The molecule has 0 radical (unpaired) electrons. The molecule has 0 saturated carbocycles. The van der Waals surface area contributed by atoms with E-state index in [0.717, 1.165) is 17.7 Å². The van der Waals surface area contributed by atoms with Crippen molar-refractivity contribution in [3.05, 3.63) is 29.8 Å². The Bertz CT molecular complexity index is 360. The van der Waals surface area contributed by atoms with Crippen LogP contribution in [0.25, 0.3) is 0 Å². The third kappa shape index (κ3) is 3.65. The van der Waals surface area contributed by atoms with Crippen LogP contribution in [-0.2, 0) is 0 Å². The van der Waals surface area contributed by atoms with E-state index in [2.05, 4.69) is 11.8 Å². The van der Waals surface area contributed by atoms with E-state index in [0.29, 0.717) is 0 Å². The standard InChI is InChI=1S/C13H16O2/c1-3-4-7-12-8-5-6-9-13(12)15-11(2)10-14/h5-6,8-9,11,14H,3,10H2,1-2H3. The number of hydrogen-bond acceptors (Lipinski definition) is 2. The molecule has 0 aromatic heterocycles. The van der Waals surface area contributed by atoms with Crippen LogP contribution in [0.1, 0.15) is 25.8 Å². The molecule has 0 saturated heterocycles. The Balaban J connectivity index is 2.86. The zero-order chi connectivity index (χ0) is 11.1. The summed E-state index contributed by atoms with van der Waals surface area (Å²) in [4.78, 5) is 0. The van der Waals surface area contributed by atoms with Crippen LogP contribution in [0.3, 0.4) is 0 Å². The van der Waals surface area contributed by atoms with E-state index in [9.17, 15) is 0 Å². The van der Waals surface area contributed by atoms with Crippen molar-refractivity contribution in [2.75, 3.05) is 6.61 Å². The zero-order valence-corrected chi connectivity index (χ0v) is 9.16. The Kier molecular flexibility index (Phi) is 4.73. The summed E-state index contributed by atoms with van der Waals surface area (Å²) >= 11 is 0. The minimum atomic E-state index is -0.199. The van der Waals surface area contributed by atoms with Crippen molar-refractivity contribution in [2.45, 2.75) is 26.4 Å². The van der Waals surface area contributed by atoms with Gasteiger partial charge < -0.3 is 9.84 Å². The van der Waals surface area contributed by atoms with E-state index in [1.54, 1.807) is 0 Å². The van der Waals surface area contributed by atoms with Gasteiger partial charge >= 0.3 is 0 Å². The van der Waals surface area contributed by atoms with Crippen LogP contribution in [0.15, 0.2) is 24.3 Å². The van der Waals surface area contributed by atoms with E-state index < -0.39 is 0 Å². The zero-order valence-electron chi connectivity index (χ0n) is 9.16. The van der Waals surface area contributed by atoms with Crippen molar-refractivity contribution in [1.82, 2.24) is 0 Å². The quantitative estimate of drug-likeness (QED) is 0.765. The third-order valence-electron chi connectivity index (χ3n) is 1.87. The van der Waals surface area contributed by atoms with Crippen LogP contribution in [0, 0.1) is 11.8 Å². The lowest BCUT2D eigenvalue weighted by atomic mass is 10.2. The van der Waals surface area contributed by atoms with Crippen molar-refractivity contribution in [1.29, 1.82) is 0 Å². The molecule has 2 heteroatoms. The molecule has 0 bridgehead atoms. The maximum Gasteiger partial charge on any atom is 0.135 e. The highest BCUT2D eigenvalue weighted by Gasteiger charge is 2.04. The third-order valence-corrected chi connectivity index (χ3v) is 1.87. The first-order valence-electron chi connectivity index (χ1n) is 5.13. The van der Waals surface area contributed by atoms with Gasteiger partial charge in [-0.1, -0.05) is 30.9 Å². The van der Waals surface area contributed by atoms with E-state index in [4.69, 9.17) is 9.84 Å². The van der Waals surface area contributed by atoms with E-state index in [1.165, 1.54) is 0 Å². The van der Waals surface area contributed by atoms with Gasteiger partial charge in [0, 0.05) is 6.42 Å². The van der Waals surface area contributed by atoms with Gasteiger partial charge in [-0.05, 0) is 19.1 Å². The van der Waals surface area contributed by atoms with E-state index >= 15 is 0 Å².